The molecule has 0 radical (unpaired) electrons. The summed E-state index contributed by atoms with van der Waals surface area (Å²) in [7, 11) is 0. The lowest BCUT2D eigenvalue weighted by Gasteiger charge is -2.11. The quantitative estimate of drug-likeness (QED) is 0.660. The summed E-state index contributed by atoms with van der Waals surface area (Å²) in [5.41, 5.74) is 1.20. The molecule has 3 aromatic rings. The molecule has 2 heterocycles. The first-order valence-corrected chi connectivity index (χ1v) is 7.17. The van der Waals surface area contributed by atoms with E-state index in [4.69, 9.17) is 16.7 Å². The Kier molecular flexibility index (Phi) is 4.05. The van der Waals surface area contributed by atoms with Crippen LogP contribution in [0, 0.1) is 0 Å². The molecule has 1 aromatic carbocycles. The Hall–Kier alpha value is -3.13. The summed E-state index contributed by atoms with van der Waals surface area (Å²) < 4.78 is 1.14. The van der Waals surface area contributed by atoms with Gasteiger partial charge in [-0.05, 0) is 12.1 Å². The standard InChI is InChI=1S/C15H11ClN4O4/c16-10-4-2-1-3-8(10)9-5-11(21)13(15(24)17-6-12(22)23)20-14(9)18-7-19-20/h1-5,7,21H,6H2,(H,17,24)(H,22,23). The Labute approximate surface area is 140 Å². The van der Waals surface area contributed by atoms with Gasteiger partial charge >= 0.3 is 5.97 Å². The van der Waals surface area contributed by atoms with E-state index in [1.54, 1.807) is 24.3 Å². The van der Waals surface area contributed by atoms with Gasteiger partial charge in [0.05, 0.1) is 0 Å². The first-order chi connectivity index (χ1) is 11.5. The van der Waals surface area contributed by atoms with E-state index >= 15 is 0 Å². The Morgan fingerprint density at radius 1 is 1.25 bits per heavy atom. The minimum Gasteiger partial charge on any atom is -0.505 e. The van der Waals surface area contributed by atoms with Gasteiger partial charge < -0.3 is 15.5 Å². The number of rotatable bonds is 4. The number of nitrogens with zero attached hydrogens (tertiary/aromatic N) is 3. The second-order valence-electron chi connectivity index (χ2n) is 4.84. The summed E-state index contributed by atoms with van der Waals surface area (Å²) in [6.07, 6.45) is 1.23. The third-order valence-electron chi connectivity index (χ3n) is 3.30. The van der Waals surface area contributed by atoms with Crippen LogP contribution < -0.4 is 5.32 Å². The zero-order chi connectivity index (χ0) is 17.3. The molecule has 3 N–H and O–H groups in total. The van der Waals surface area contributed by atoms with Crippen LogP contribution in [0.1, 0.15) is 10.5 Å². The van der Waals surface area contributed by atoms with Gasteiger partial charge in [-0.1, -0.05) is 29.8 Å². The molecule has 0 atom stereocenters. The van der Waals surface area contributed by atoms with Crippen molar-refractivity contribution in [1.82, 2.24) is 19.9 Å². The first kappa shape index (κ1) is 15.8. The van der Waals surface area contributed by atoms with Crippen molar-refractivity contribution in [2.45, 2.75) is 0 Å². The van der Waals surface area contributed by atoms with Crippen molar-refractivity contribution in [2.24, 2.45) is 0 Å². The van der Waals surface area contributed by atoms with E-state index in [0.29, 0.717) is 21.8 Å². The molecule has 0 bridgehead atoms. The van der Waals surface area contributed by atoms with Crippen molar-refractivity contribution < 1.29 is 19.8 Å². The molecule has 24 heavy (non-hydrogen) atoms. The van der Waals surface area contributed by atoms with Crippen LogP contribution in [-0.4, -0.2) is 43.2 Å². The number of aromatic nitrogens is 3. The fourth-order valence-corrected chi connectivity index (χ4v) is 2.53. The highest BCUT2D eigenvalue weighted by molar-refractivity contribution is 6.33. The summed E-state index contributed by atoms with van der Waals surface area (Å²) >= 11 is 6.18. The predicted molar refractivity (Wildman–Crippen MR) is 85.1 cm³/mol. The molecule has 0 saturated heterocycles. The van der Waals surface area contributed by atoms with Crippen LogP contribution in [0.4, 0.5) is 0 Å². The highest BCUT2D eigenvalue weighted by atomic mass is 35.5. The van der Waals surface area contributed by atoms with Gasteiger partial charge in [-0.2, -0.15) is 5.10 Å². The Bertz CT molecular complexity index is 954. The predicted octanol–water partition coefficient (Wildman–Crippen LogP) is 1.57. The lowest BCUT2D eigenvalue weighted by atomic mass is 10.1. The molecule has 0 aliphatic carbocycles. The van der Waals surface area contributed by atoms with Crippen molar-refractivity contribution in [1.29, 1.82) is 0 Å². The molecule has 0 saturated carbocycles. The first-order valence-electron chi connectivity index (χ1n) is 6.79. The summed E-state index contributed by atoms with van der Waals surface area (Å²) in [6.45, 7) is -0.583. The van der Waals surface area contributed by atoms with Crippen molar-refractivity contribution in [3.05, 3.63) is 47.4 Å². The van der Waals surface area contributed by atoms with Crippen LogP contribution in [0.25, 0.3) is 16.8 Å². The number of halogens is 1. The van der Waals surface area contributed by atoms with Gasteiger partial charge in [0.1, 0.15) is 18.6 Å². The monoisotopic (exact) mass is 346 g/mol. The van der Waals surface area contributed by atoms with E-state index in [9.17, 15) is 14.7 Å². The fourth-order valence-electron chi connectivity index (χ4n) is 2.30. The Balaban J connectivity index is 2.16. The molecule has 1 amide bonds. The number of aromatic hydroxyl groups is 1. The maximum Gasteiger partial charge on any atom is 0.322 e. The van der Waals surface area contributed by atoms with E-state index in [2.05, 4.69) is 15.4 Å². The smallest absolute Gasteiger partial charge is 0.322 e. The highest BCUT2D eigenvalue weighted by Crippen LogP contribution is 2.34. The van der Waals surface area contributed by atoms with Crippen molar-refractivity contribution >= 4 is 29.1 Å². The van der Waals surface area contributed by atoms with E-state index in [1.807, 2.05) is 0 Å². The average molecular weight is 347 g/mol. The highest BCUT2D eigenvalue weighted by Gasteiger charge is 2.21. The molecular weight excluding hydrogens is 336 g/mol. The second-order valence-corrected chi connectivity index (χ2v) is 5.25. The number of aliphatic carboxylic acids is 1. The number of carboxylic acids is 1. The molecule has 0 spiro atoms. The average Bonchev–Trinajstić information content (AvgIpc) is 3.01. The van der Waals surface area contributed by atoms with Crippen LogP contribution in [-0.2, 0) is 4.79 Å². The number of nitrogens with one attached hydrogen (secondary N) is 1. The molecule has 122 valence electrons. The normalized spacial score (nSPS) is 10.7. The molecule has 8 nitrogen and oxygen atoms in total. The SMILES string of the molecule is O=C(O)CNC(=O)c1c(O)cc(-c2ccccc2Cl)c2ncnn12. The molecule has 0 aliphatic rings. The van der Waals surface area contributed by atoms with Gasteiger partial charge in [-0.3, -0.25) is 9.59 Å². The van der Waals surface area contributed by atoms with Gasteiger partial charge in [0.25, 0.3) is 5.91 Å². The number of carboxylic acid groups (broad SMARTS) is 1. The van der Waals surface area contributed by atoms with Crippen molar-refractivity contribution in [3.8, 4) is 16.9 Å². The molecule has 0 fully saturated rings. The van der Waals surface area contributed by atoms with Gasteiger partial charge in [-0.25, -0.2) is 9.50 Å². The summed E-state index contributed by atoms with van der Waals surface area (Å²) in [5, 5.41) is 25.5. The fraction of sp³-hybridized carbons (Fsp3) is 0.0667. The second kappa shape index (κ2) is 6.17. The van der Waals surface area contributed by atoms with Crippen molar-refractivity contribution in [3.63, 3.8) is 0 Å². The lowest BCUT2D eigenvalue weighted by Crippen LogP contribution is -2.31. The lowest BCUT2D eigenvalue weighted by molar-refractivity contribution is -0.135. The number of fused-ring (bicyclic) bond motifs is 1. The van der Waals surface area contributed by atoms with Crippen LogP contribution in [0.2, 0.25) is 5.02 Å². The molecule has 9 heteroatoms. The number of pyridine rings is 1. The van der Waals surface area contributed by atoms with Gasteiger partial charge in [-0.15, -0.1) is 0 Å². The zero-order valence-corrected chi connectivity index (χ0v) is 12.9. The van der Waals surface area contributed by atoms with Gasteiger partial charge in [0.2, 0.25) is 0 Å². The number of carbonyl (C=O) groups is 2. The molecule has 3 rings (SSSR count). The molecule has 0 aliphatic heterocycles. The largest absolute Gasteiger partial charge is 0.505 e. The summed E-state index contributed by atoms with van der Waals surface area (Å²) in [4.78, 5) is 26.8. The Morgan fingerprint density at radius 3 is 2.71 bits per heavy atom. The van der Waals surface area contributed by atoms with E-state index in [1.165, 1.54) is 12.4 Å². The van der Waals surface area contributed by atoms with Crippen LogP contribution >= 0.6 is 11.6 Å². The van der Waals surface area contributed by atoms with Crippen LogP contribution in [0.3, 0.4) is 0 Å². The molecule has 2 aromatic heterocycles. The van der Waals surface area contributed by atoms with E-state index < -0.39 is 18.4 Å². The van der Waals surface area contributed by atoms with Gasteiger partial charge in [0, 0.05) is 16.1 Å². The van der Waals surface area contributed by atoms with Gasteiger partial charge in [0.15, 0.2) is 11.3 Å². The minimum absolute atomic E-state index is 0.209. The molecular formula is C15H11ClN4O4. The minimum atomic E-state index is -1.20. The number of hydrogen-bond acceptors (Lipinski definition) is 5. The summed E-state index contributed by atoms with van der Waals surface area (Å²) in [6, 6.07) is 8.32. The van der Waals surface area contributed by atoms with Crippen LogP contribution in [0.15, 0.2) is 36.7 Å². The Morgan fingerprint density at radius 2 is 2.00 bits per heavy atom. The number of amides is 1. The zero-order valence-electron chi connectivity index (χ0n) is 12.1. The third-order valence-corrected chi connectivity index (χ3v) is 3.63. The molecule has 0 unspecified atom stereocenters. The summed E-state index contributed by atoms with van der Waals surface area (Å²) in [5.74, 6) is -2.35. The van der Waals surface area contributed by atoms with E-state index in [0.717, 1.165) is 4.52 Å². The number of carbonyl (C=O) groups excluding carboxylic acids is 1. The van der Waals surface area contributed by atoms with E-state index in [-0.39, 0.29) is 11.4 Å². The number of hydrogen-bond donors (Lipinski definition) is 3. The maximum atomic E-state index is 12.1. The third kappa shape index (κ3) is 2.74. The topological polar surface area (TPSA) is 117 Å². The number of benzene rings is 1. The van der Waals surface area contributed by atoms with Crippen LogP contribution in [0.5, 0.6) is 5.75 Å². The van der Waals surface area contributed by atoms with Crippen molar-refractivity contribution in [2.75, 3.05) is 6.54 Å². The maximum absolute atomic E-state index is 12.1.